The molecule has 33 heavy (non-hydrogen) atoms. The topological polar surface area (TPSA) is 110 Å². The number of imidazole rings is 1. The molecule has 0 aliphatic carbocycles. The Hall–Kier alpha value is -4.40. The highest BCUT2D eigenvalue weighted by molar-refractivity contribution is 5.90. The average Bonchev–Trinajstić information content (AvgIpc) is 3.16. The zero-order valence-electron chi connectivity index (χ0n) is 17.0. The van der Waals surface area contributed by atoms with E-state index in [-0.39, 0.29) is 11.6 Å². The van der Waals surface area contributed by atoms with Gasteiger partial charge in [-0.25, -0.2) is 24.1 Å². The molecular formula is C21H15F4N7O. The van der Waals surface area contributed by atoms with Gasteiger partial charge in [0.05, 0.1) is 23.7 Å². The second kappa shape index (κ2) is 8.27. The number of benzene rings is 1. The molecule has 4 aromatic rings. The summed E-state index contributed by atoms with van der Waals surface area (Å²) in [5.74, 6) is -0.872. The first-order valence-electron chi connectivity index (χ1n) is 9.42. The lowest BCUT2D eigenvalue weighted by molar-refractivity contribution is -0.122. The minimum Gasteiger partial charge on any atom is -0.381 e. The number of hydrogen-bond acceptors (Lipinski definition) is 5. The molecule has 0 bridgehead atoms. The molecule has 0 fully saturated rings. The fourth-order valence-corrected chi connectivity index (χ4v) is 3.06. The number of carbonyl (C=O) groups excluding carboxylic acids is 1. The number of halogens is 4. The summed E-state index contributed by atoms with van der Waals surface area (Å²) in [5, 5.41) is 4.15. The number of urea groups is 1. The first kappa shape index (κ1) is 21.8. The van der Waals surface area contributed by atoms with E-state index in [1.807, 2.05) is 6.07 Å². The lowest BCUT2D eigenvalue weighted by Gasteiger charge is -2.11. The lowest BCUT2D eigenvalue weighted by atomic mass is 10.1. The van der Waals surface area contributed by atoms with Crippen molar-refractivity contribution >= 4 is 23.2 Å². The van der Waals surface area contributed by atoms with Gasteiger partial charge in [-0.15, -0.1) is 0 Å². The number of nitrogens with one attached hydrogen (secondary N) is 2. The Labute approximate surface area is 184 Å². The number of nitrogens with zero attached hydrogens (tertiary/aromatic N) is 4. The maximum atomic E-state index is 13.3. The third-order valence-corrected chi connectivity index (χ3v) is 4.46. The third kappa shape index (κ3) is 4.93. The molecule has 3 aromatic heterocycles. The van der Waals surface area contributed by atoms with Crippen LogP contribution in [-0.4, -0.2) is 38.1 Å². The maximum Gasteiger partial charge on any atom is 0.405 e. The zero-order valence-corrected chi connectivity index (χ0v) is 17.0. The van der Waals surface area contributed by atoms with E-state index >= 15 is 0 Å². The summed E-state index contributed by atoms with van der Waals surface area (Å²) in [6, 6.07) is 8.53. The number of aryl methyl sites for hydroxylation is 1. The van der Waals surface area contributed by atoms with Gasteiger partial charge in [-0.3, -0.25) is 4.40 Å². The molecule has 2 amide bonds. The summed E-state index contributed by atoms with van der Waals surface area (Å²) in [5.41, 5.74) is 8.64. The molecule has 4 N–H and O–H groups in total. The first-order chi connectivity index (χ1) is 15.6. The molecule has 168 valence electrons. The van der Waals surface area contributed by atoms with Crippen molar-refractivity contribution in [3.8, 4) is 22.6 Å². The summed E-state index contributed by atoms with van der Waals surface area (Å²) in [7, 11) is 0. The van der Waals surface area contributed by atoms with Gasteiger partial charge in [-0.1, -0.05) is 0 Å². The van der Waals surface area contributed by atoms with Crippen LogP contribution in [0.15, 0.2) is 36.7 Å². The number of hydrogen-bond donors (Lipinski definition) is 3. The molecule has 0 aliphatic heterocycles. The van der Waals surface area contributed by atoms with Gasteiger partial charge in [-0.2, -0.15) is 13.2 Å². The average molecular weight is 457 g/mol. The second-order valence-electron chi connectivity index (χ2n) is 7.07. The summed E-state index contributed by atoms with van der Waals surface area (Å²) < 4.78 is 51.8. The van der Waals surface area contributed by atoms with Crippen LogP contribution in [0.2, 0.25) is 0 Å². The van der Waals surface area contributed by atoms with Crippen molar-refractivity contribution in [3.05, 3.63) is 60.3 Å². The van der Waals surface area contributed by atoms with E-state index in [9.17, 15) is 22.4 Å². The molecule has 0 aliphatic rings. The number of aromatic nitrogens is 4. The zero-order chi connectivity index (χ0) is 23.8. The second-order valence-corrected chi connectivity index (χ2v) is 7.07. The Kier molecular flexibility index (Phi) is 5.47. The molecule has 0 radical (unpaired) electrons. The van der Waals surface area contributed by atoms with E-state index in [1.54, 1.807) is 41.0 Å². The molecule has 1 aromatic carbocycles. The maximum absolute atomic E-state index is 13.3. The van der Waals surface area contributed by atoms with E-state index in [2.05, 4.69) is 32.5 Å². The Balaban J connectivity index is 1.62. The first-order valence-corrected chi connectivity index (χ1v) is 9.42. The summed E-state index contributed by atoms with van der Waals surface area (Å²) in [6.45, 7) is 0.330. The van der Waals surface area contributed by atoms with Gasteiger partial charge < -0.3 is 16.4 Å². The molecule has 0 atom stereocenters. The van der Waals surface area contributed by atoms with Crippen LogP contribution in [0.4, 0.5) is 33.9 Å². The van der Waals surface area contributed by atoms with Gasteiger partial charge in [-0.05, 0) is 36.8 Å². The van der Waals surface area contributed by atoms with Crippen LogP contribution in [0.1, 0.15) is 5.56 Å². The fraction of sp³-hybridized carbons (Fsp3) is 0.143. The van der Waals surface area contributed by atoms with Crippen LogP contribution in [0, 0.1) is 25.0 Å². The Morgan fingerprint density at radius 2 is 1.97 bits per heavy atom. The van der Waals surface area contributed by atoms with E-state index in [1.165, 1.54) is 0 Å². The summed E-state index contributed by atoms with van der Waals surface area (Å²) in [6.07, 6.45) is 0.911. The molecule has 0 spiro atoms. The molecule has 12 heteroatoms. The molecule has 0 unspecified atom stereocenters. The van der Waals surface area contributed by atoms with Crippen molar-refractivity contribution < 1.29 is 22.4 Å². The van der Waals surface area contributed by atoms with Gasteiger partial charge in [0.25, 0.3) is 0 Å². The quantitative estimate of drug-likeness (QED) is 0.404. The molecule has 0 saturated heterocycles. The van der Waals surface area contributed by atoms with Crippen LogP contribution in [-0.2, 0) is 0 Å². The number of nitrogen functional groups attached to an aromatic ring is 1. The van der Waals surface area contributed by atoms with Crippen LogP contribution in [0.25, 0.3) is 28.3 Å². The summed E-state index contributed by atoms with van der Waals surface area (Å²) in [4.78, 5) is 23.9. The van der Waals surface area contributed by atoms with Crippen LogP contribution in [0.3, 0.4) is 0 Å². The van der Waals surface area contributed by atoms with E-state index in [4.69, 9.17) is 5.73 Å². The molecule has 8 nitrogen and oxygen atoms in total. The summed E-state index contributed by atoms with van der Waals surface area (Å²) >= 11 is 0. The number of alkyl halides is 3. The highest BCUT2D eigenvalue weighted by atomic mass is 19.4. The molecule has 3 heterocycles. The van der Waals surface area contributed by atoms with Gasteiger partial charge in [0, 0.05) is 23.5 Å². The van der Waals surface area contributed by atoms with Crippen LogP contribution >= 0.6 is 0 Å². The Morgan fingerprint density at radius 3 is 2.70 bits per heavy atom. The van der Waals surface area contributed by atoms with Gasteiger partial charge >= 0.3 is 12.2 Å². The van der Waals surface area contributed by atoms with Gasteiger partial charge in [0.2, 0.25) is 0 Å². The third-order valence-electron chi connectivity index (χ3n) is 4.46. The molecule has 4 rings (SSSR count). The smallest absolute Gasteiger partial charge is 0.381 e. The molecular weight excluding hydrogens is 442 g/mol. The largest absolute Gasteiger partial charge is 0.405 e. The number of anilines is 2. The predicted octanol–water partition coefficient (Wildman–Crippen LogP) is 3.77. The van der Waals surface area contributed by atoms with Crippen molar-refractivity contribution in [2.75, 3.05) is 17.6 Å². The number of carbonyl (C=O) groups is 1. The predicted molar refractivity (Wildman–Crippen MR) is 112 cm³/mol. The number of rotatable bonds is 4. The highest BCUT2D eigenvalue weighted by Gasteiger charge is 2.27. The Morgan fingerprint density at radius 1 is 1.18 bits per heavy atom. The van der Waals surface area contributed by atoms with E-state index < -0.39 is 24.6 Å². The van der Waals surface area contributed by atoms with Crippen molar-refractivity contribution in [1.29, 1.82) is 0 Å². The minimum atomic E-state index is -4.51. The van der Waals surface area contributed by atoms with Crippen molar-refractivity contribution in [2.45, 2.75) is 13.1 Å². The van der Waals surface area contributed by atoms with Gasteiger partial charge in [0.1, 0.15) is 12.2 Å². The molecule has 0 saturated carbocycles. The monoisotopic (exact) mass is 457 g/mol. The van der Waals surface area contributed by atoms with Crippen LogP contribution in [0.5, 0.6) is 0 Å². The van der Waals surface area contributed by atoms with Crippen molar-refractivity contribution in [3.63, 3.8) is 0 Å². The number of nitrogens with two attached hydrogens (primary N) is 1. The van der Waals surface area contributed by atoms with Gasteiger partial charge in [0.15, 0.2) is 17.5 Å². The van der Waals surface area contributed by atoms with Crippen molar-refractivity contribution in [1.82, 2.24) is 24.7 Å². The normalized spacial score (nSPS) is 11.3. The fourth-order valence-electron chi connectivity index (χ4n) is 3.06. The highest BCUT2D eigenvalue weighted by Crippen LogP contribution is 2.26. The number of fused-ring (bicyclic) bond motifs is 1. The van der Waals surface area contributed by atoms with E-state index in [0.717, 1.165) is 11.8 Å². The minimum absolute atomic E-state index is 0.157. The van der Waals surface area contributed by atoms with E-state index in [0.29, 0.717) is 28.2 Å². The lowest BCUT2D eigenvalue weighted by Crippen LogP contribution is -2.36. The standard InChI is InChI=1S/C21H15F4N7O/c1-11-4-13(6-14(5-11)30-20(33)29-10-21(23,24)25)16-9-27-17-7-12(2-3-32(16)17)19-28-8-15(22)18(26)31-19/h4-9H,10H2,1H3,(H2,26,28,31)(H2,29,30,33). The Bertz CT molecular complexity index is 1350. The van der Waals surface area contributed by atoms with Crippen LogP contribution < -0.4 is 16.4 Å². The van der Waals surface area contributed by atoms with Crippen molar-refractivity contribution in [2.24, 2.45) is 0 Å². The SMILES string of the molecule is Cc1cc(NC(=O)NCC(F)(F)F)cc(-c2cnc3cc(-c4ncc(F)c(N)n4)c#cn23)c1. The number of amides is 2.